The normalized spacial score (nSPS) is 17.1. The Morgan fingerprint density at radius 1 is 1.40 bits per heavy atom. The molecule has 1 aliphatic heterocycles. The Morgan fingerprint density at radius 3 is 2.40 bits per heavy atom. The first kappa shape index (κ1) is 15.9. The molecule has 112 valence electrons. The van der Waals surface area contributed by atoms with Gasteiger partial charge < -0.3 is 20.1 Å². The average molecular weight is 286 g/mol. The number of rotatable bonds is 4. The van der Waals surface area contributed by atoms with E-state index in [2.05, 4.69) is 5.32 Å². The van der Waals surface area contributed by atoms with Gasteiger partial charge in [-0.1, -0.05) is 0 Å². The first-order valence-electron chi connectivity index (χ1n) is 6.10. The van der Waals surface area contributed by atoms with E-state index in [4.69, 9.17) is 9.84 Å². The van der Waals surface area contributed by atoms with Gasteiger partial charge in [0.15, 0.2) is 5.78 Å². The minimum absolute atomic E-state index is 0.126. The van der Waals surface area contributed by atoms with E-state index in [-0.39, 0.29) is 25.3 Å². The average Bonchev–Trinajstić information content (AvgIpc) is 2.53. The molecular weight excluding hydrogens is 268 g/mol. The highest BCUT2D eigenvalue weighted by atomic mass is 16.6. The van der Waals surface area contributed by atoms with Gasteiger partial charge in [0.2, 0.25) is 5.91 Å². The number of amides is 2. The Hall–Kier alpha value is -2.12. The van der Waals surface area contributed by atoms with Crippen LogP contribution in [0.1, 0.15) is 27.2 Å². The first-order valence-corrected chi connectivity index (χ1v) is 6.10. The number of aliphatic carboxylic acids is 1. The summed E-state index contributed by atoms with van der Waals surface area (Å²) in [5.74, 6) is -2.01. The molecule has 0 aliphatic carbocycles. The van der Waals surface area contributed by atoms with Crippen molar-refractivity contribution < 1.29 is 29.0 Å². The van der Waals surface area contributed by atoms with Crippen LogP contribution >= 0.6 is 0 Å². The van der Waals surface area contributed by atoms with Gasteiger partial charge in [0.1, 0.15) is 11.6 Å². The lowest BCUT2D eigenvalue weighted by atomic mass is 10.2. The predicted molar refractivity (Wildman–Crippen MR) is 67.0 cm³/mol. The number of ketones is 1. The van der Waals surface area contributed by atoms with Crippen LogP contribution < -0.4 is 5.32 Å². The van der Waals surface area contributed by atoms with Crippen LogP contribution in [0.15, 0.2) is 0 Å². The molecule has 1 fully saturated rings. The maximum atomic E-state index is 11.5. The Morgan fingerprint density at radius 2 is 2.00 bits per heavy atom. The van der Waals surface area contributed by atoms with Gasteiger partial charge >= 0.3 is 12.1 Å². The minimum atomic E-state index is -1.32. The van der Waals surface area contributed by atoms with Crippen molar-refractivity contribution >= 4 is 23.8 Å². The van der Waals surface area contributed by atoms with Crippen molar-refractivity contribution in [3.8, 4) is 0 Å². The number of hydrogen-bond donors (Lipinski definition) is 2. The number of nitrogens with zero attached hydrogens (tertiary/aromatic N) is 1. The fraction of sp³-hybridized carbons (Fsp3) is 0.667. The van der Waals surface area contributed by atoms with Gasteiger partial charge in [0.05, 0.1) is 19.5 Å². The lowest BCUT2D eigenvalue weighted by Gasteiger charge is -2.24. The van der Waals surface area contributed by atoms with Crippen LogP contribution in [0.4, 0.5) is 4.79 Å². The highest BCUT2D eigenvalue weighted by Crippen LogP contribution is 2.09. The SMILES string of the molecule is CC(C)(C)OC(=O)NC(CN1CC(=O)CC1=O)C(=O)O. The molecule has 0 aromatic rings. The monoisotopic (exact) mass is 286 g/mol. The summed E-state index contributed by atoms with van der Waals surface area (Å²) in [6.45, 7) is 4.54. The molecule has 1 aliphatic rings. The molecule has 1 saturated heterocycles. The highest BCUT2D eigenvalue weighted by Gasteiger charge is 2.32. The maximum Gasteiger partial charge on any atom is 0.408 e. The predicted octanol–water partition coefficient (Wildman–Crippen LogP) is -0.234. The van der Waals surface area contributed by atoms with Crippen LogP contribution in [0.3, 0.4) is 0 Å². The van der Waals surface area contributed by atoms with E-state index in [1.165, 1.54) is 0 Å². The molecule has 1 atom stereocenters. The van der Waals surface area contributed by atoms with Gasteiger partial charge in [-0.25, -0.2) is 9.59 Å². The van der Waals surface area contributed by atoms with Crippen LogP contribution in [0.5, 0.6) is 0 Å². The molecule has 8 nitrogen and oxygen atoms in total. The third-order valence-electron chi connectivity index (χ3n) is 2.46. The zero-order valence-corrected chi connectivity index (χ0v) is 11.6. The summed E-state index contributed by atoms with van der Waals surface area (Å²) < 4.78 is 4.95. The van der Waals surface area contributed by atoms with Gasteiger partial charge in [0, 0.05) is 0 Å². The van der Waals surface area contributed by atoms with Gasteiger partial charge in [0.25, 0.3) is 0 Å². The summed E-state index contributed by atoms with van der Waals surface area (Å²) >= 11 is 0. The van der Waals surface area contributed by atoms with Gasteiger partial charge in [-0.3, -0.25) is 9.59 Å². The second-order valence-corrected chi connectivity index (χ2v) is 5.53. The Balaban J connectivity index is 2.62. The summed E-state index contributed by atoms with van der Waals surface area (Å²) in [5, 5.41) is 11.2. The largest absolute Gasteiger partial charge is 0.480 e. The molecule has 1 unspecified atom stereocenters. The van der Waals surface area contributed by atoms with E-state index in [1.807, 2.05) is 0 Å². The second-order valence-electron chi connectivity index (χ2n) is 5.53. The zero-order chi connectivity index (χ0) is 15.5. The zero-order valence-electron chi connectivity index (χ0n) is 11.6. The van der Waals surface area contributed by atoms with Crippen LogP contribution in [0, 0.1) is 0 Å². The third kappa shape index (κ3) is 4.87. The fourth-order valence-corrected chi connectivity index (χ4v) is 1.66. The number of nitrogens with one attached hydrogen (secondary N) is 1. The van der Waals surface area contributed by atoms with Gasteiger partial charge in [-0.15, -0.1) is 0 Å². The molecule has 2 N–H and O–H groups in total. The summed E-state index contributed by atoms with van der Waals surface area (Å²) in [7, 11) is 0. The molecule has 0 saturated carbocycles. The van der Waals surface area contributed by atoms with E-state index in [9.17, 15) is 19.2 Å². The second kappa shape index (κ2) is 5.89. The number of alkyl carbamates (subject to hydrolysis) is 1. The molecule has 20 heavy (non-hydrogen) atoms. The van der Waals surface area contributed by atoms with Crippen molar-refractivity contribution in [2.75, 3.05) is 13.1 Å². The molecule has 8 heteroatoms. The summed E-state index contributed by atoms with van der Waals surface area (Å²) in [5.41, 5.74) is -0.757. The van der Waals surface area contributed by atoms with Crippen molar-refractivity contribution in [2.45, 2.75) is 38.8 Å². The molecule has 0 bridgehead atoms. The third-order valence-corrected chi connectivity index (χ3v) is 2.46. The molecule has 0 radical (unpaired) electrons. The topological polar surface area (TPSA) is 113 Å². The maximum absolute atomic E-state index is 11.5. The summed E-state index contributed by atoms with van der Waals surface area (Å²) in [6.07, 6.45) is -1.11. The lowest BCUT2D eigenvalue weighted by molar-refractivity contribution is -0.140. The molecule has 0 aromatic carbocycles. The smallest absolute Gasteiger partial charge is 0.408 e. The Bertz CT molecular complexity index is 440. The Kier molecular flexibility index (Phi) is 4.69. The quantitative estimate of drug-likeness (QED) is 0.690. The van der Waals surface area contributed by atoms with Crippen LogP contribution in [-0.2, 0) is 19.1 Å². The number of carboxylic acids is 1. The summed E-state index contributed by atoms with van der Waals surface area (Å²) in [4.78, 5) is 46.2. The molecular formula is C12H18N2O6. The van der Waals surface area contributed by atoms with Gasteiger partial charge in [-0.2, -0.15) is 0 Å². The first-order chi connectivity index (χ1) is 9.08. The van der Waals surface area contributed by atoms with Crippen LogP contribution in [-0.4, -0.2) is 58.5 Å². The van der Waals surface area contributed by atoms with E-state index in [0.29, 0.717) is 0 Å². The van der Waals surface area contributed by atoms with E-state index < -0.39 is 29.6 Å². The number of likely N-dealkylation sites (tertiary alicyclic amines) is 1. The van der Waals surface area contributed by atoms with Crippen molar-refractivity contribution in [3.05, 3.63) is 0 Å². The lowest BCUT2D eigenvalue weighted by Crippen LogP contribution is -2.50. The fourth-order valence-electron chi connectivity index (χ4n) is 1.66. The molecule has 1 heterocycles. The highest BCUT2D eigenvalue weighted by molar-refractivity contribution is 6.05. The van der Waals surface area contributed by atoms with E-state index >= 15 is 0 Å². The van der Waals surface area contributed by atoms with Crippen molar-refractivity contribution in [1.82, 2.24) is 10.2 Å². The number of carbonyl (C=O) groups is 4. The number of Topliss-reactive ketones (excluding diaryl/α,β-unsaturated/α-hetero) is 1. The van der Waals surface area contributed by atoms with Crippen molar-refractivity contribution in [3.63, 3.8) is 0 Å². The Labute approximate surface area is 116 Å². The van der Waals surface area contributed by atoms with Gasteiger partial charge in [-0.05, 0) is 20.8 Å². The van der Waals surface area contributed by atoms with E-state index in [0.717, 1.165) is 4.90 Å². The molecule has 2 amide bonds. The van der Waals surface area contributed by atoms with Crippen molar-refractivity contribution in [1.29, 1.82) is 0 Å². The standard InChI is InChI=1S/C12H18N2O6/c1-12(2,3)20-11(19)13-8(10(17)18)6-14-5-7(15)4-9(14)16/h8H,4-6H2,1-3H3,(H,13,19)(H,17,18). The summed E-state index contributed by atoms with van der Waals surface area (Å²) in [6, 6.07) is -1.32. The minimum Gasteiger partial charge on any atom is -0.480 e. The molecule has 0 aromatic heterocycles. The van der Waals surface area contributed by atoms with Crippen LogP contribution in [0.2, 0.25) is 0 Å². The van der Waals surface area contributed by atoms with Crippen LogP contribution in [0.25, 0.3) is 0 Å². The molecule has 1 rings (SSSR count). The number of carbonyl (C=O) groups excluding carboxylic acids is 3. The number of carboxylic acid groups (broad SMARTS) is 1. The van der Waals surface area contributed by atoms with Crippen molar-refractivity contribution in [2.24, 2.45) is 0 Å². The number of ether oxygens (including phenoxy) is 1. The molecule has 0 spiro atoms. The van der Waals surface area contributed by atoms with E-state index in [1.54, 1.807) is 20.8 Å². The number of hydrogen-bond acceptors (Lipinski definition) is 5.